The zero-order chi connectivity index (χ0) is 6.10. The Morgan fingerprint density at radius 1 is 1.44 bits per heavy atom. The van der Waals surface area contributed by atoms with Crippen molar-refractivity contribution in [3.63, 3.8) is 0 Å². The molecule has 2 rings (SSSR count). The predicted molar refractivity (Wildman–Crippen MR) is 37.3 cm³/mol. The van der Waals surface area contributed by atoms with Crippen LogP contribution in [0.4, 0.5) is 0 Å². The first kappa shape index (κ1) is 4.79. The number of hydrogen-bond donors (Lipinski definition) is 1. The van der Waals surface area contributed by atoms with Gasteiger partial charge in [-0.25, -0.2) is 0 Å². The van der Waals surface area contributed by atoms with Crippen LogP contribution in [-0.4, -0.2) is 12.8 Å². The molecule has 46 valence electrons. The number of hydrazone groups is 1. The number of allylic oxidation sites excluding steroid dienone is 2. The Kier molecular flexibility index (Phi) is 0.918. The third kappa shape index (κ3) is 0.669. The van der Waals surface area contributed by atoms with Crippen molar-refractivity contribution in [1.82, 2.24) is 5.43 Å². The average molecular weight is 120 g/mol. The highest BCUT2D eigenvalue weighted by molar-refractivity contribution is 5.83. The molecule has 0 aromatic heterocycles. The Balaban J connectivity index is 2.35. The number of hydrogen-bond acceptors (Lipinski definition) is 2. The van der Waals surface area contributed by atoms with Crippen molar-refractivity contribution in [1.29, 1.82) is 0 Å². The van der Waals surface area contributed by atoms with Crippen LogP contribution in [0.3, 0.4) is 0 Å². The summed E-state index contributed by atoms with van der Waals surface area (Å²) in [6.07, 6.45) is 7.30. The molecule has 0 unspecified atom stereocenters. The first-order valence-electron chi connectivity index (χ1n) is 3.11. The number of rotatable bonds is 0. The minimum Gasteiger partial charge on any atom is -0.306 e. The first-order valence-corrected chi connectivity index (χ1v) is 3.11. The highest BCUT2D eigenvalue weighted by Crippen LogP contribution is 2.17. The van der Waals surface area contributed by atoms with Gasteiger partial charge in [-0.2, -0.15) is 5.10 Å². The third-order valence-electron chi connectivity index (χ3n) is 1.65. The largest absolute Gasteiger partial charge is 0.306 e. The molecule has 1 aliphatic heterocycles. The highest BCUT2D eigenvalue weighted by atomic mass is 15.3. The van der Waals surface area contributed by atoms with Gasteiger partial charge >= 0.3 is 0 Å². The van der Waals surface area contributed by atoms with E-state index in [1.807, 2.05) is 6.21 Å². The molecule has 2 aliphatic rings. The van der Waals surface area contributed by atoms with Crippen LogP contribution < -0.4 is 5.43 Å². The Labute approximate surface area is 54.0 Å². The standard InChI is InChI=1S/C7H8N2/c1-2-6-4-8-9-5-7(6)3-1/h1-2,5,8H,3-4H2. The molecule has 0 aromatic carbocycles. The normalized spacial score (nSPS) is 22.2. The van der Waals surface area contributed by atoms with Gasteiger partial charge in [-0.3, -0.25) is 0 Å². The van der Waals surface area contributed by atoms with Gasteiger partial charge in [-0.05, 0) is 17.6 Å². The van der Waals surface area contributed by atoms with Crippen LogP contribution in [0.2, 0.25) is 0 Å². The van der Waals surface area contributed by atoms with E-state index in [-0.39, 0.29) is 0 Å². The van der Waals surface area contributed by atoms with Gasteiger partial charge in [0.1, 0.15) is 0 Å². The van der Waals surface area contributed by atoms with Gasteiger partial charge in [0.2, 0.25) is 0 Å². The molecule has 0 bridgehead atoms. The third-order valence-corrected chi connectivity index (χ3v) is 1.65. The summed E-state index contributed by atoms with van der Waals surface area (Å²) in [5.41, 5.74) is 5.68. The van der Waals surface area contributed by atoms with Crippen LogP contribution in [0.25, 0.3) is 0 Å². The van der Waals surface area contributed by atoms with Gasteiger partial charge < -0.3 is 5.43 Å². The average Bonchev–Trinajstić information content (AvgIpc) is 2.33. The monoisotopic (exact) mass is 120 g/mol. The summed E-state index contributed by atoms with van der Waals surface area (Å²) in [5, 5.41) is 3.95. The molecule has 1 heterocycles. The van der Waals surface area contributed by atoms with Crippen LogP contribution in [0, 0.1) is 0 Å². The van der Waals surface area contributed by atoms with Crippen molar-refractivity contribution < 1.29 is 0 Å². The summed E-state index contributed by atoms with van der Waals surface area (Å²) >= 11 is 0. The Morgan fingerprint density at radius 2 is 2.44 bits per heavy atom. The van der Waals surface area contributed by atoms with Gasteiger partial charge in [-0.1, -0.05) is 12.2 Å². The lowest BCUT2D eigenvalue weighted by Crippen LogP contribution is -2.14. The van der Waals surface area contributed by atoms with E-state index in [1.54, 1.807) is 0 Å². The molecule has 0 saturated carbocycles. The summed E-state index contributed by atoms with van der Waals surface area (Å²) in [4.78, 5) is 0. The fourth-order valence-electron chi connectivity index (χ4n) is 1.13. The molecule has 0 fully saturated rings. The summed E-state index contributed by atoms with van der Waals surface area (Å²) in [6.45, 7) is 0.905. The molecule has 9 heavy (non-hydrogen) atoms. The molecule has 2 nitrogen and oxygen atoms in total. The lowest BCUT2D eigenvalue weighted by molar-refractivity contribution is 0.799. The minimum absolute atomic E-state index is 0.905. The van der Waals surface area contributed by atoms with Crippen LogP contribution in [0.15, 0.2) is 28.4 Å². The van der Waals surface area contributed by atoms with Crippen molar-refractivity contribution in [3.8, 4) is 0 Å². The molecular weight excluding hydrogens is 112 g/mol. The Morgan fingerprint density at radius 3 is 3.33 bits per heavy atom. The van der Waals surface area contributed by atoms with Crippen LogP contribution >= 0.6 is 0 Å². The van der Waals surface area contributed by atoms with Gasteiger partial charge in [0.05, 0.1) is 12.8 Å². The Bertz CT molecular complexity index is 211. The molecular formula is C7H8N2. The van der Waals surface area contributed by atoms with Gasteiger partial charge in [0.25, 0.3) is 0 Å². The van der Waals surface area contributed by atoms with Crippen molar-refractivity contribution in [2.24, 2.45) is 5.10 Å². The van der Waals surface area contributed by atoms with Crippen molar-refractivity contribution in [2.45, 2.75) is 6.42 Å². The molecule has 0 aromatic rings. The Hall–Kier alpha value is -1.05. The van der Waals surface area contributed by atoms with E-state index < -0.39 is 0 Å². The van der Waals surface area contributed by atoms with Crippen molar-refractivity contribution in [2.75, 3.05) is 6.54 Å². The topological polar surface area (TPSA) is 24.4 Å². The second-order valence-corrected chi connectivity index (χ2v) is 2.25. The van der Waals surface area contributed by atoms with E-state index in [9.17, 15) is 0 Å². The van der Waals surface area contributed by atoms with E-state index in [4.69, 9.17) is 0 Å². The quantitative estimate of drug-likeness (QED) is 0.503. The molecule has 2 heteroatoms. The number of nitrogens with one attached hydrogen (secondary N) is 1. The maximum absolute atomic E-state index is 3.95. The summed E-state index contributed by atoms with van der Waals surface area (Å²) in [6, 6.07) is 0. The summed E-state index contributed by atoms with van der Waals surface area (Å²) in [5.74, 6) is 0. The van der Waals surface area contributed by atoms with Crippen LogP contribution in [0.1, 0.15) is 6.42 Å². The minimum atomic E-state index is 0.905. The van der Waals surface area contributed by atoms with Crippen LogP contribution in [-0.2, 0) is 0 Å². The molecule has 1 aliphatic carbocycles. The molecule has 0 spiro atoms. The lowest BCUT2D eigenvalue weighted by atomic mass is 10.1. The first-order chi connectivity index (χ1) is 4.47. The predicted octanol–water partition coefficient (Wildman–Crippen LogP) is 0.832. The smallest absolute Gasteiger partial charge is 0.0583 e. The van der Waals surface area contributed by atoms with E-state index in [1.165, 1.54) is 11.1 Å². The number of nitrogens with zero attached hydrogens (tertiary/aromatic N) is 1. The molecule has 1 N–H and O–H groups in total. The molecule has 0 radical (unpaired) electrons. The zero-order valence-electron chi connectivity index (χ0n) is 5.09. The maximum atomic E-state index is 3.95. The van der Waals surface area contributed by atoms with E-state index in [2.05, 4.69) is 22.7 Å². The fraction of sp³-hybridized carbons (Fsp3) is 0.286. The van der Waals surface area contributed by atoms with Gasteiger partial charge in [0, 0.05) is 0 Å². The summed E-state index contributed by atoms with van der Waals surface area (Å²) < 4.78 is 0. The zero-order valence-corrected chi connectivity index (χ0v) is 5.09. The molecule has 0 saturated heterocycles. The summed E-state index contributed by atoms with van der Waals surface area (Å²) in [7, 11) is 0. The van der Waals surface area contributed by atoms with Crippen molar-refractivity contribution >= 4 is 6.21 Å². The molecule has 0 amide bonds. The SMILES string of the molecule is C1=CC2=C(C=NNC2)C1. The molecule has 0 atom stereocenters. The van der Waals surface area contributed by atoms with E-state index in [0.717, 1.165) is 13.0 Å². The second-order valence-electron chi connectivity index (χ2n) is 2.25. The van der Waals surface area contributed by atoms with E-state index in [0.29, 0.717) is 0 Å². The van der Waals surface area contributed by atoms with Crippen LogP contribution in [0.5, 0.6) is 0 Å². The second kappa shape index (κ2) is 1.72. The van der Waals surface area contributed by atoms with Gasteiger partial charge in [-0.15, -0.1) is 0 Å². The van der Waals surface area contributed by atoms with E-state index >= 15 is 0 Å². The van der Waals surface area contributed by atoms with Crippen molar-refractivity contribution in [3.05, 3.63) is 23.3 Å². The highest BCUT2D eigenvalue weighted by Gasteiger charge is 2.08. The lowest BCUT2D eigenvalue weighted by Gasteiger charge is -2.07. The van der Waals surface area contributed by atoms with Gasteiger partial charge in [0.15, 0.2) is 0 Å². The maximum Gasteiger partial charge on any atom is 0.0583 e. The fourth-order valence-corrected chi connectivity index (χ4v) is 1.13.